The summed E-state index contributed by atoms with van der Waals surface area (Å²) in [5.74, 6) is 1.91. The van der Waals surface area contributed by atoms with Crippen LogP contribution in [0.3, 0.4) is 0 Å². The third-order valence-electron chi connectivity index (χ3n) is 4.63. The quantitative estimate of drug-likeness (QED) is 0.352. The molecule has 8 nitrogen and oxygen atoms in total. The average Bonchev–Trinajstić information content (AvgIpc) is 3.34. The molecule has 3 rings (SSSR count). The van der Waals surface area contributed by atoms with Gasteiger partial charge in [0.1, 0.15) is 5.69 Å². The van der Waals surface area contributed by atoms with Gasteiger partial charge in [0.05, 0.1) is 0 Å². The summed E-state index contributed by atoms with van der Waals surface area (Å²) in [6.07, 6.45) is 4.89. The van der Waals surface area contributed by atoms with E-state index in [0.717, 1.165) is 19.0 Å². The van der Waals surface area contributed by atoms with Crippen molar-refractivity contribution < 1.29 is 4.52 Å². The number of hydrogen-bond acceptors (Lipinski definition) is 6. The molecular weight excluding hydrogens is 457 g/mol. The van der Waals surface area contributed by atoms with Crippen LogP contribution in [0, 0.1) is 0 Å². The van der Waals surface area contributed by atoms with Crippen LogP contribution in [0.5, 0.6) is 0 Å². The number of aliphatic imine (C=N–C) groups is 1. The van der Waals surface area contributed by atoms with Crippen molar-refractivity contribution in [2.45, 2.75) is 32.2 Å². The lowest BCUT2D eigenvalue weighted by atomic mass is 10.2. The zero-order chi connectivity index (χ0) is 18.2. The number of rotatable bonds is 7. The van der Waals surface area contributed by atoms with E-state index in [-0.39, 0.29) is 24.0 Å². The first kappa shape index (κ1) is 21.5. The number of halogens is 1. The fourth-order valence-corrected chi connectivity index (χ4v) is 3.22. The van der Waals surface area contributed by atoms with Gasteiger partial charge in [-0.15, -0.1) is 24.0 Å². The second kappa shape index (κ2) is 11.2. The van der Waals surface area contributed by atoms with Crippen LogP contribution >= 0.6 is 24.0 Å². The molecule has 3 heterocycles. The van der Waals surface area contributed by atoms with Crippen molar-refractivity contribution in [3.05, 3.63) is 30.2 Å². The SMILES string of the molecule is CCN1CCCC1CNC(=NC)NCCc1noc(-c2ccccn2)n1.I. The molecule has 0 aliphatic carbocycles. The molecule has 0 radical (unpaired) electrons. The number of likely N-dealkylation sites (N-methyl/N-ethyl adjacent to an activating group) is 1. The Morgan fingerprint density at radius 3 is 3.00 bits per heavy atom. The predicted molar refractivity (Wildman–Crippen MR) is 116 cm³/mol. The van der Waals surface area contributed by atoms with E-state index in [1.165, 1.54) is 19.4 Å². The number of nitrogens with zero attached hydrogens (tertiary/aromatic N) is 5. The van der Waals surface area contributed by atoms with Gasteiger partial charge < -0.3 is 15.2 Å². The Hall–Kier alpha value is -1.75. The fourth-order valence-electron chi connectivity index (χ4n) is 3.22. The van der Waals surface area contributed by atoms with E-state index in [4.69, 9.17) is 4.52 Å². The molecule has 1 aliphatic rings. The van der Waals surface area contributed by atoms with E-state index in [1.54, 1.807) is 13.2 Å². The van der Waals surface area contributed by atoms with Crippen LogP contribution in [-0.4, -0.2) is 65.3 Å². The highest BCUT2D eigenvalue weighted by Crippen LogP contribution is 2.15. The third kappa shape index (κ3) is 6.13. The first-order chi connectivity index (χ1) is 12.8. The van der Waals surface area contributed by atoms with E-state index in [9.17, 15) is 0 Å². The highest BCUT2D eigenvalue weighted by Gasteiger charge is 2.22. The number of nitrogens with one attached hydrogen (secondary N) is 2. The summed E-state index contributed by atoms with van der Waals surface area (Å²) in [6.45, 7) is 6.12. The van der Waals surface area contributed by atoms with Crippen molar-refractivity contribution in [3.63, 3.8) is 0 Å². The van der Waals surface area contributed by atoms with E-state index < -0.39 is 0 Å². The van der Waals surface area contributed by atoms with Crippen LogP contribution < -0.4 is 10.6 Å². The Labute approximate surface area is 177 Å². The van der Waals surface area contributed by atoms with Crippen molar-refractivity contribution in [1.82, 2.24) is 30.7 Å². The van der Waals surface area contributed by atoms with Gasteiger partial charge in [-0.2, -0.15) is 4.98 Å². The van der Waals surface area contributed by atoms with Crippen molar-refractivity contribution >= 4 is 29.9 Å². The molecular formula is C18H28IN7O. The summed E-state index contributed by atoms with van der Waals surface area (Å²) >= 11 is 0. The van der Waals surface area contributed by atoms with Crippen molar-refractivity contribution in [2.75, 3.05) is 33.2 Å². The van der Waals surface area contributed by atoms with Gasteiger partial charge in [-0.05, 0) is 38.1 Å². The second-order valence-corrected chi connectivity index (χ2v) is 6.29. The minimum atomic E-state index is 0. The molecule has 0 saturated carbocycles. The molecule has 2 N–H and O–H groups in total. The maximum atomic E-state index is 5.27. The number of hydrogen-bond donors (Lipinski definition) is 2. The highest BCUT2D eigenvalue weighted by molar-refractivity contribution is 14.0. The van der Waals surface area contributed by atoms with Crippen LogP contribution in [0.1, 0.15) is 25.6 Å². The highest BCUT2D eigenvalue weighted by atomic mass is 127. The minimum Gasteiger partial charge on any atom is -0.356 e. The standard InChI is InChI=1S/C18H27N7O.HI/c1-3-25-12-6-7-14(25)13-22-18(19-2)21-11-9-16-23-17(26-24-16)15-8-4-5-10-20-15;/h4-5,8,10,14H,3,6-7,9,11-13H2,1-2H3,(H2,19,21,22);1H. The summed E-state index contributed by atoms with van der Waals surface area (Å²) < 4.78 is 5.27. The van der Waals surface area contributed by atoms with Gasteiger partial charge >= 0.3 is 0 Å². The molecule has 1 fully saturated rings. The molecule has 2 aromatic heterocycles. The molecule has 0 aromatic carbocycles. The number of pyridine rings is 1. The van der Waals surface area contributed by atoms with Gasteiger partial charge in [-0.25, -0.2) is 0 Å². The van der Waals surface area contributed by atoms with Crippen LogP contribution in [-0.2, 0) is 6.42 Å². The van der Waals surface area contributed by atoms with Crippen LogP contribution in [0.25, 0.3) is 11.6 Å². The van der Waals surface area contributed by atoms with Crippen LogP contribution in [0.2, 0.25) is 0 Å². The lowest BCUT2D eigenvalue weighted by Crippen LogP contribution is -2.45. The smallest absolute Gasteiger partial charge is 0.276 e. The summed E-state index contributed by atoms with van der Waals surface area (Å²) in [5.41, 5.74) is 0.689. The molecule has 9 heteroatoms. The van der Waals surface area contributed by atoms with Crippen LogP contribution in [0.15, 0.2) is 33.9 Å². The molecule has 2 aromatic rings. The van der Waals surface area contributed by atoms with Gasteiger partial charge in [-0.3, -0.25) is 14.9 Å². The Balaban J connectivity index is 0.00000261. The molecule has 1 saturated heterocycles. The summed E-state index contributed by atoms with van der Waals surface area (Å²) in [4.78, 5) is 15.4. The zero-order valence-electron chi connectivity index (χ0n) is 15.9. The second-order valence-electron chi connectivity index (χ2n) is 6.29. The summed E-state index contributed by atoms with van der Waals surface area (Å²) in [6, 6.07) is 6.20. The van der Waals surface area contributed by atoms with Gasteiger partial charge in [0.2, 0.25) is 0 Å². The first-order valence-corrected chi connectivity index (χ1v) is 9.22. The molecule has 0 bridgehead atoms. The molecule has 1 unspecified atom stereocenters. The average molecular weight is 485 g/mol. The topological polar surface area (TPSA) is 91.5 Å². The summed E-state index contributed by atoms with van der Waals surface area (Å²) in [7, 11) is 1.79. The number of aromatic nitrogens is 3. The summed E-state index contributed by atoms with van der Waals surface area (Å²) in [5, 5.41) is 10.7. The van der Waals surface area contributed by atoms with Gasteiger partial charge in [0.25, 0.3) is 5.89 Å². The Kier molecular flexibility index (Phi) is 8.92. The van der Waals surface area contributed by atoms with Crippen molar-refractivity contribution in [3.8, 4) is 11.6 Å². The molecule has 1 aliphatic heterocycles. The largest absolute Gasteiger partial charge is 0.356 e. The van der Waals surface area contributed by atoms with E-state index in [1.807, 2.05) is 18.2 Å². The maximum absolute atomic E-state index is 5.27. The zero-order valence-corrected chi connectivity index (χ0v) is 18.2. The third-order valence-corrected chi connectivity index (χ3v) is 4.63. The fraction of sp³-hybridized carbons (Fsp3) is 0.556. The van der Waals surface area contributed by atoms with Gasteiger partial charge in [0, 0.05) is 38.8 Å². The molecule has 0 spiro atoms. The lowest BCUT2D eigenvalue weighted by Gasteiger charge is -2.23. The maximum Gasteiger partial charge on any atom is 0.276 e. The normalized spacial score (nSPS) is 17.6. The first-order valence-electron chi connectivity index (χ1n) is 9.22. The van der Waals surface area contributed by atoms with E-state index >= 15 is 0 Å². The number of likely N-dealkylation sites (tertiary alicyclic amines) is 1. The molecule has 27 heavy (non-hydrogen) atoms. The van der Waals surface area contributed by atoms with E-state index in [2.05, 4.69) is 42.6 Å². The Morgan fingerprint density at radius 1 is 1.37 bits per heavy atom. The Bertz CT molecular complexity index is 707. The molecule has 1 atom stereocenters. The van der Waals surface area contributed by atoms with Crippen molar-refractivity contribution in [1.29, 1.82) is 0 Å². The number of guanidine groups is 1. The van der Waals surface area contributed by atoms with Crippen LogP contribution in [0.4, 0.5) is 0 Å². The predicted octanol–water partition coefficient (Wildman–Crippen LogP) is 1.94. The molecule has 0 amide bonds. The monoisotopic (exact) mass is 485 g/mol. The minimum absolute atomic E-state index is 0. The lowest BCUT2D eigenvalue weighted by molar-refractivity contribution is 0.267. The van der Waals surface area contributed by atoms with Gasteiger partial charge in [0.15, 0.2) is 11.8 Å². The van der Waals surface area contributed by atoms with Gasteiger partial charge in [-0.1, -0.05) is 18.1 Å². The van der Waals surface area contributed by atoms with Crippen molar-refractivity contribution in [2.24, 2.45) is 4.99 Å². The molecule has 148 valence electrons. The Morgan fingerprint density at radius 2 is 2.26 bits per heavy atom. The van der Waals surface area contributed by atoms with E-state index in [0.29, 0.717) is 36.4 Å².